The minimum atomic E-state index is -4.24. The van der Waals surface area contributed by atoms with E-state index in [1.807, 2.05) is 12.1 Å². The molecule has 2 nitrogen and oxygen atoms in total. The molecule has 0 amide bonds. The largest absolute Gasteiger partial charge is 0.446 e. The van der Waals surface area contributed by atoms with Crippen LogP contribution in [0.5, 0.6) is 0 Å². The molecule has 6 heteroatoms. The molecule has 1 aliphatic rings. The van der Waals surface area contributed by atoms with Gasteiger partial charge in [0.1, 0.15) is 0 Å². The van der Waals surface area contributed by atoms with Crippen LogP contribution in [-0.2, 0) is 0 Å². The van der Waals surface area contributed by atoms with Crippen LogP contribution in [0.25, 0.3) is 0 Å². The van der Waals surface area contributed by atoms with E-state index in [4.69, 9.17) is 0 Å². The molecule has 1 atom stereocenters. The van der Waals surface area contributed by atoms with Gasteiger partial charge in [0.25, 0.3) is 0 Å². The van der Waals surface area contributed by atoms with Crippen molar-refractivity contribution in [3.05, 3.63) is 29.8 Å². The van der Waals surface area contributed by atoms with Gasteiger partial charge in [0.15, 0.2) is 0 Å². The maximum Gasteiger partial charge on any atom is 0.446 e. The van der Waals surface area contributed by atoms with E-state index in [1.54, 1.807) is 12.1 Å². The Bertz CT molecular complexity index is 445. The highest BCUT2D eigenvalue weighted by molar-refractivity contribution is 8.00. The fraction of sp³-hybridized carbons (Fsp3) is 0.600. The second-order valence-electron chi connectivity index (χ2n) is 5.18. The molecule has 0 saturated carbocycles. The minimum absolute atomic E-state index is 0.00326. The van der Waals surface area contributed by atoms with Crippen LogP contribution in [0.4, 0.5) is 13.2 Å². The molecular weight excluding hydrogens is 297 g/mol. The highest BCUT2D eigenvalue weighted by atomic mass is 32.2. The monoisotopic (exact) mass is 318 g/mol. The summed E-state index contributed by atoms with van der Waals surface area (Å²) in [6.07, 6.45) is 1.84. The normalized spacial score (nSPS) is 18.7. The van der Waals surface area contributed by atoms with Gasteiger partial charge in [0.05, 0.1) is 0 Å². The smallest absolute Gasteiger partial charge is 0.314 e. The molecule has 0 spiro atoms. The molecule has 118 valence electrons. The predicted molar refractivity (Wildman–Crippen MR) is 80.4 cm³/mol. The van der Waals surface area contributed by atoms with Crippen LogP contribution in [0.3, 0.4) is 0 Å². The number of nitrogens with one attached hydrogen (secondary N) is 1. The molecule has 1 aromatic rings. The van der Waals surface area contributed by atoms with E-state index < -0.39 is 5.51 Å². The SMILES string of the molecule is CCC[C@H](c1ccccc1SC(F)(F)F)N1CCNCC1. The Balaban J connectivity index is 2.26. The average Bonchev–Trinajstić information content (AvgIpc) is 2.45. The first-order valence-electron chi connectivity index (χ1n) is 7.30. The Kier molecular flexibility index (Phi) is 5.96. The lowest BCUT2D eigenvalue weighted by Crippen LogP contribution is -2.45. The zero-order chi connectivity index (χ0) is 15.3. The Hall–Kier alpha value is -0.720. The summed E-state index contributed by atoms with van der Waals surface area (Å²) in [7, 11) is 0. The predicted octanol–water partition coefficient (Wildman–Crippen LogP) is 4.04. The van der Waals surface area contributed by atoms with E-state index in [1.165, 1.54) is 0 Å². The van der Waals surface area contributed by atoms with Crippen molar-refractivity contribution in [2.24, 2.45) is 0 Å². The molecule has 1 aliphatic heterocycles. The second kappa shape index (κ2) is 7.51. The van der Waals surface area contributed by atoms with Gasteiger partial charge in [-0.15, -0.1) is 0 Å². The lowest BCUT2D eigenvalue weighted by Gasteiger charge is -2.36. The number of alkyl halides is 3. The summed E-state index contributed by atoms with van der Waals surface area (Å²) in [6, 6.07) is 7.01. The molecule has 0 aliphatic carbocycles. The molecule has 2 rings (SSSR count). The summed E-state index contributed by atoms with van der Waals surface area (Å²) in [5.74, 6) is 0. The third-order valence-electron chi connectivity index (χ3n) is 3.66. The fourth-order valence-electron chi connectivity index (χ4n) is 2.78. The molecule has 0 bridgehead atoms. The van der Waals surface area contributed by atoms with Crippen LogP contribution in [0.15, 0.2) is 29.2 Å². The number of hydrogen-bond acceptors (Lipinski definition) is 3. The van der Waals surface area contributed by atoms with Gasteiger partial charge in [-0.2, -0.15) is 13.2 Å². The number of nitrogens with zero attached hydrogens (tertiary/aromatic N) is 1. The van der Waals surface area contributed by atoms with Gasteiger partial charge in [-0.25, -0.2) is 0 Å². The maximum absolute atomic E-state index is 12.8. The van der Waals surface area contributed by atoms with E-state index in [2.05, 4.69) is 17.1 Å². The molecule has 1 saturated heterocycles. The molecule has 1 N–H and O–H groups in total. The van der Waals surface area contributed by atoms with Crippen molar-refractivity contribution in [1.82, 2.24) is 10.2 Å². The average molecular weight is 318 g/mol. The Morgan fingerprint density at radius 2 is 1.90 bits per heavy atom. The van der Waals surface area contributed by atoms with Gasteiger partial charge < -0.3 is 5.32 Å². The molecule has 0 radical (unpaired) electrons. The van der Waals surface area contributed by atoms with Crippen molar-refractivity contribution in [3.8, 4) is 0 Å². The van der Waals surface area contributed by atoms with Gasteiger partial charge in [-0.3, -0.25) is 4.90 Å². The summed E-state index contributed by atoms with van der Waals surface area (Å²) in [6.45, 7) is 5.64. The van der Waals surface area contributed by atoms with E-state index in [0.29, 0.717) is 4.90 Å². The summed E-state index contributed by atoms with van der Waals surface area (Å²) >= 11 is 0.00326. The number of halogens is 3. The molecule has 21 heavy (non-hydrogen) atoms. The summed E-state index contributed by atoms with van der Waals surface area (Å²) in [4.78, 5) is 2.64. The van der Waals surface area contributed by atoms with Crippen LogP contribution < -0.4 is 5.32 Å². The number of hydrogen-bond donors (Lipinski definition) is 1. The second-order valence-corrected chi connectivity index (χ2v) is 6.28. The van der Waals surface area contributed by atoms with Crippen molar-refractivity contribution >= 4 is 11.8 Å². The highest BCUT2D eigenvalue weighted by Crippen LogP contribution is 2.42. The molecule has 0 unspecified atom stereocenters. The summed E-state index contributed by atoms with van der Waals surface area (Å²) in [5, 5.41) is 3.29. The lowest BCUT2D eigenvalue weighted by atomic mass is 10.00. The van der Waals surface area contributed by atoms with E-state index in [9.17, 15) is 13.2 Å². The molecule has 1 aromatic carbocycles. The maximum atomic E-state index is 12.8. The zero-order valence-electron chi connectivity index (χ0n) is 12.1. The van der Waals surface area contributed by atoms with Crippen LogP contribution in [0, 0.1) is 0 Å². The number of thioether (sulfide) groups is 1. The zero-order valence-corrected chi connectivity index (χ0v) is 12.9. The lowest BCUT2D eigenvalue weighted by molar-refractivity contribution is -0.0328. The first-order valence-corrected chi connectivity index (χ1v) is 8.12. The van der Waals surface area contributed by atoms with Crippen molar-refractivity contribution in [1.29, 1.82) is 0 Å². The van der Waals surface area contributed by atoms with Crippen LogP contribution in [0.1, 0.15) is 31.4 Å². The van der Waals surface area contributed by atoms with Crippen molar-refractivity contribution in [2.45, 2.75) is 36.2 Å². The standard InChI is InChI=1S/C15H21F3N2S/c1-2-5-13(20-10-8-19-9-11-20)12-6-3-4-7-14(12)21-15(16,17)18/h3-4,6-7,13,19H,2,5,8-11H2,1H3/t13-/m1/s1. The van der Waals surface area contributed by atoms with Crippen molar-refractivity contribution in [2.75, 3.05) is 26.2 Å². The summed E-state index contributed by atoms with van der Waals surface area (Å²) in [5.41, 5.74) is -3.43. The third-order valence-corrected chi connectivity index (χ3v) is 4.48. The molecule has 0 aromatic heterocycles. The van der Waals surface area contributed by atoms with Crippen molar-refractivity contribution in [3.63, 3.8) is 0 Å². The fourth-order valence-corrected chi connectivity index (χ4v) is 3.49. The Labute approximate surface area is 128 Å². The third kappa shape index (κ3) is 4.90. The quantitative estimate of drug-likeness (QED) is 0.825. The van der Waals surface area contributed by atoms with E-state index in [0.717, 1.165) is 44.6 Å². The van der Waals surface area contributed by atoms with E-state index in [-0.39, 0.29) is 17.8 Å². The topological polar surface area (TPSA) is 15.3 Å². The van der Waals surface area contributed by atoms with Gasteiger partial charge in [0.2, 0.25) is 0 Å². The van der Waals surface area contributed by atoms with E-state index >= 15 is 0 Å². The highest BCUT2D eigenvalue weighted by Gasteiger charge is 2.32. The first-order chi connectivity index (χ1) is 10.0. The Morgan fingerprint density at radius 1 is 1.24 bits per heavy atom. The van der Waals surface area contributed by atoms with Gasteiger partial charge >= 0.3 is 5.51 Å². The number of benzene rings is 1. The van der Waals surface area contributed by atoms with Gasteiger partial charge in [-0.05, 0) is 29.8 Å². The molecule has 1 heterocycles. The van der Waals surface area contributed by atoms with Gasteiger partial charge in [-0.1, -0.05) is 31.5 Å². The van der Waals surface area contributed by atoms with Crippen LogP contribution >= 0.6 is 11.8 Å². The summed E-state index contributed by atoms with van der Waals surface area (Å²) < 4.78 is 38.3. The number of piperazine rings is 1. The van der Waals surface area contributed by atoms with Crippen LogP contribution in [0.2, 0.25) is 0 Å². The molecule has 1 fully saturated rings. The first kappa shape index (κ1) is 16.6. The van der Waals surface area contributed by atoms with Crippen LogP contribution in [-0.4, -0.2) is 36.6 Å². The van der Waals surface area contributed by atoms with Gasteiger partial charge in [0, 0.05) is 37.1 Å². The number of rotatable bonds is 5. The van der Waals surface area contributed by atoms with Crippen molar-refractivity contribution < 1.29 is 13.2 Å². The minimum Gasteiger partial charge on any atom is -0.314 e. The Morgan fingerprint density at radius 3 is 2.52 bits per heavy atom. The molecular formula is C15H21F3N2S.